The van der Waals surface area contributed by atoms with Crippen molar-refractivity contribution in [3.63, 3.8) is 0 Å². The molecule has 0 saturated carbocycles. The standard InChI is InChI=1S/C14H24O4/c1-8-9(15)14(5,6)11(18-7)10(12(16)17)13(2,3)4/h8H2,1-7H3,(H,16,17). The number of hydrogen-bond acceptors (Lipinski definition) is 3. The fourth-order valence-electron chi connectivity index (χ4n) is 2.00. The Labute approximate surface area is 109 Å². The van der Waals surface area contributed by atoms with Crippen LogP contribution in [0.25, 0.3) is 0 Å². The van der Waals surface area contributed by atoms with E-state index < -0.39 is 16.8 Å². The molecular weight excluding hydrogens is 232 g/mol. The normalized spacial score (nSPS) is 13.9. The molecule has 0 aliphatic carbocycles. The lowest BCUT2D eigenvalue weighted by Crippen LogP contribution is -2.32. The van der Waals surface area contributed by atoms with E-state index in [4.69, 9.17) is 4.74 Å². The van der Waals surface area contributed by atoms with Crippen molar-refractivity contribution < 1.29 is 19.4 Å². The lowest BCUT2D eigenvalue weighted by atomic mass is 9.76. The van der Waals surface area contributed by atoms with Gasteiger partial charge in [-0.05, 0) is 19.3 Å². The van der Waals surface area contributed by atoms with Crippen molar-refractivity contribution in [2.75, 3.05) is 7.11 Å². The van der Waals surface area contributed by atoms with Gasteiger partial charge in [0.05, 0.1) is 18.1 Å². The van der Waals surface area contributed by atoms with Gasteiger partial charge in [-0.3, -0.25) is 4.79 Å². The highest BCUT2D eigenvalue weighted by Gasteiger charge is 2.39. The zero-order valence-electron chi connectivity index (χ0n) is 12.4. The van der Waals surface area contributed by atoms with Gasteiger partial charge in [-0.2, -0.15) is 0 Å². The second kappa shape index (κ2) is 5.55. The minimum Gasteiger partial charge on any atom is -0.499 e. The molecular formula is C14H24O4. The Morgan fingerprint density at radius 1 is 1.11 bits per heavy atom. The minimum atomic E-state index is -1.05. The zero-order chi connectivity index (χ0) is 14.7. The second-order valence-corrected chi connectivity index (χ2v) is 5.87. The average Bonchev–Trinajstić information content (AvgIpc) is 2.21. The lowest BCUT2D eigenvalue weighted by Gasteiger charge is -2.31. The molecule has 0 heterocycles. The summed E-state index contributed by atoms with van der Waals surface area (Å²) in [6.45, 7) is 10.5. The summed E-state index contributed by atoms with van der Waals surface area (Å²) < 4.78 is 5.27. The molecule has 0 rings (SSSR count). The summed E-state index contributed by atoms with van der Waals surface area (Å²) >= 11 is 0. The molecule has 0 saturated heterocycles. The smallest absolute Gasteiger partial charge is 0.335 e. The minimum absolute atomic E-state index is 0.0395. The van der Waals surface area contributed by atoms with Gasteiger partial charge in [0, 0.05) is 6.42 Å². The molecule has 0 aliphatic rings. The van der Waals surface area contributed by atoms with Crippen LogP contribution < -0.4 is 0 Å². The number of hydrogen-bond donors (Lipinski definition) is 1. The van der Waals surface area contributed by atoms with Crippen molar-refractivity contribution in [1.82, 2.24) is 0 Å². The third-order valence-corrected chi connectivity index (χ3v) is 2.98. The van der Waals surface area contributed by atoms with E-state index in [1.807, 2.05) is 0 Å². The fourth-order valence-corrected chi connectivity index (χ4v) is 2.00. The van der Waals surface area contributed by atoms with Crippen LogP contribution in [0.3, 0.4) is 0 Å². The Kier molecular flexibility index (Phi) is 5.14. The SMILES string of the molecule is CCC(=O)C(C)(C)C(OC)=C(C(=O)O)C(C)(C)C. The van der Waals surface area contributed by atoms with Gasteiger partial charge in [-0.25, -0.2) is 4.79 Å². The summed E-state index contributed by atoms with van der Waals surface area (Å²) in [6, 6.07) is 0. The number of carbonyl (C=O) groups is 2. The Hall–Kier alpha value is -1.32. The van der Waals surface area contributed by atoms with Crippen molar-refractivity contribution in [2.45, 2.75) is 48.0 Å². The summed E-state index contributed by atoms with van der Waals surface area (Å²) in [5.74, 6) is -0.840. The van der Waals surface area contributed by atoms with Crippen LogP contribution in [0.1, 0.15) is 48.0 Å². The van der Waals surface area contributed by atoms with Crippen molar-refractivity contribution in [3.8, 4) is 0 Å². The summed E-state index contributed by atoms with van der Waals surface area (Å²) in [5.41, 5.74) is -1.37. The fraction of sp³-hybridized carbons (Fsp3) is 0.714. The van der Waals surface area contributed by atoms with Crippen LogP contribution in [0.5, 0.6) is 0 Å². The number of carbonyl (C=O) groups excluding carboxylic acids is 1. The number of carboxylic acid groups (broad SMARTS) is 1. The molecule has 4 heteroatoms. The van der Waals surface area contributed by atoms with Gasteiger partial charge in [0.2, 0.25) is 0 Å². The molecule has 104 valence electrons. The van der Waals surface area contributed by atoms with Crippen LogP contribution in [0, 0.1) is 10.8 Å². The molecule has 0 spiro atoms. The molecule has 18 heavy (non-hydrogen) atoms. The highest BCUT2D eigenvalue weighted by molar-refractivity contribution is 5.93. The van der Waals surface area contributed by atoms with Crippen molar-refractivity contribution in [2.24, 2.45) is 10.8 Å². The number of ether oxygens (including phenoxy) is 1. The molecule has 0 atom stereocenters. The highest BCUT2D eigenvalue weighted by atomic mass is 16.5. The van der Waals surface area contributed by atoms with Crippen LogP contribution in [0.15, 0.2) is 11.3 Å². The van der Waals surface area contributed by atoms with Crippen LogP contribution in [-0.4, -0.2) is 24.0 Å². The molecule has 0 unspecified atom stereocenters. The highest BCUT2D eigenvalue weighted by Crippen LogP contribution is 2.38. The summed E-state index contributed by atoms with van der Waals surface area (Å²) in [7, 11) is 1.41. The van der Waals surface area contributed by atoms with Crippen LogP contribution in [0.2, 0.25) is 0 Å². The molecule has 0 amide bonds. The Morgan fingerprint density at radius 3 is 1.78 bits per heavy atom. The van der Waals surface area contributed by atoms with Gasteiger partial charge < -0.3 is 9.84 Å². The van der Waals surface area contributed by atoms with E-state index in [1.54, 1.807) is 41.5 Å². The molecule has 0 aromatic carbocycles. The van der Waals surface area contributed by atoms with E-state index in [-0.39, 0.29) is 17.1 Å². The number of rotatable bonds is 5. The zero-order valence-corrected chi connectivity index (χ0v) is 12.4. The van der Waals surface area contributed by atoms with Gasteiger partial charge in [0.15, 0.2) is 0 Å². The maximum atomic E-state index is 12.0. The predicted octanol–water partition coefficient (Wildman–Crippen LogP) is 3.02. The Balaban J connectivity index is 6.06. The first kappa shape index (κ1) is 16.7. The van der Waals surface area contributed by atoms with E-state index in [0.717, 1.165) is 0 Å². The first-order valence-electron chi connectivity index (χ1n) is 6.05. The topological polar surface area (TPSA) is 63.6 Å². The number of allylic oxidation sites excluding steroid dienone is 1. The van der Waals surface area contributed by atoms with E-state index >= 15 is 0 Å². The van der Waals surface area contributed by atoms with E-state index in [2.05, 4.69) is 0 Å². The summed E-state index contributed by atoms with van der Waals surface area (Å²) in [6.07, 6.45) is 0.344. The third-order valence-electron chi connectivity index (χ3n) is 2.98. The molecule has 4 nitrogen and oxygen atoms in total. The van der Waals surface area contributed by atoms with E-state index in [0.29, 0.717) is 6.42 Å². The first-order valence-corrected chi connectivity index (χ1v) is 6.05. The molecule has 1 N–H and O–H groups in total. The summed E-state index contributed by atoms with van der Waals surface area (Å²) in [4.78, 5) is 23.4. The first-order chi connectivity index (χ1) is 8.00. The van der Waals surface area contributed by atoms with Gasteiger partial charge in [-0.15, -0.1) is 0 Å². The van der Waals surface area contributed by atoms with E-state index in [1.165, 1.54) is 7.11 Å². The van der Waals surface area contributed by atoms with E-state index in [9.17, 15) is 14.7 Å². The number of carboxylic acids is 1. The van der Waals surface area contributed by atoms with Crippen molar-refractivity contribution in [3.05, 3.63) is 11.3 Å². The van der Waals surface area contributed by atoms with Crippen molar-refractivity contribution >= 4 is 11.8 Å². The number of aliphatic carboxylic acids is 1. The molecule has 0 aromatic rings. The molecule has 0 bridgehead atoms. The number of ketones is 1. The quantitative estimate of drug-likeness (QED) is 0.606. The second-order valence-electron chi connectivity index (χ2n) is 5.87. The van der Waals surface area contributed by atoms with Gasteiger partial charge in [-0.1, -0.05) is 27.7 Å². The molecule has 0 aromatic heterocycles. The molecule has 0 fully saturated rings. The number of Topliss-reactive ketones (excluding diaryl/α,β-unsaturated/α-hetero) is 1. The van der Waals surface area contributed by atoms with Crippen molar-refractivity contribution in [1.29, 1.82) is 0 Å². The average molecular weight is 256 g/mol. The molecule has 0 radical (unpaired) electrons. The van der Waals surface area contributed by atoms with Crippen LogP contribution in [0.4, 0.5) is 0 Å². The van der Waals surface area contributed by atoms with Gasteiger partial charge in [0.25, 0.3) is 0 Å². The summed E-state index contributed by atoms with van der Waals surface area (Å²) in [5, 5.41) is 9.38. The maximum Gasteiger partial charge on any atom is 0.335 e. The predicted molar refractivity (Wildman–Crippen MR) is 70.2 cm³/mol. The Morgan fingerprint density at radius 2 is 1.56 bits per heavy atom. The Bertz CT molecular complexity index is 370. The van der Waals surface area contributed by atoms with Gasteiger partial charge in [0.1, 0.15) is 11.5 Å². The van der Waals surface area contributed by atoms with Crippen LogP contribution in [-0.2, 0) is 14.3 Å². The third kappa shape index (κ3) is 3.34. The monoisotopic (exact) mass is 256 g/mol. The van der Waals surface area contributed by atoms with Crippen LogP contribution >= 0.6 is 0 Å². The number of methoxy groups -OCH3 is 1. The largest absolute Gasteiger partial charge is 0.499 e. The molecule has 0 aliphatic heterocycles. The van der Waals surface area contributed by atoms with Gasteiger partial charge >= 0.3 is 5.97 Å². The maximum absolute atomic E-state index is 12.0. The lowest BCUT2D eigenvalue weighted by molar-refractivity contribution is -0.134.